The lowest BCUT2D eigenvalue weighted by molar-refractivity contribution is 0.306. The van der Waals surface area contributed by atoms with Gasteiger partial charge in [0.25, 0.3) is 0 Å². The van der Waals surface area contributed by atoms with Gasteiger partial charge in [-0.2, -0.15) is 5.26 Å². The Morgan fingerprint density at radius 1 is 1.17 bits per heavy atom. The van der Waals surface area contributed by atoms with Gasteiger partial charge in [-0.25, -0.2) is 0 Å². The molecule has 0 aromatic heterocycles. The number of halogens is 1. The molecule has 2 aromatic rings. The minimum absolute atomic E-state index is 0.356. The highest BCUT2D eigenvalue weighted by molar-refractivity contribution is 6.31. The molecule has 2 aromatic carbocycles. The van der Waals surface area contributed by atoms with Gasteiger partial charge in [-0.3, -0.25) is 0 Å². The molecule has 0 fully saturated rings. The summed E-state index contributed by atoms with van der Waals surface area (Å²) in [5, 5.41) is 9.27. The quantitative estimate of drug-likeness (QED) is 0.859. The summed E-state index contributed by atoms with van der Waals surface area (Å²) in [6, 6.07) is 14.3. The van der Waals surface area contributed by atoms with Gasteiger partial charge in [-0.15, -0.1) is 0 Å². The van der Waals surface area contributed by atoms with E-state index < -0.39 is 0 Å². The van der Waals surface area contributed by atoms with Crippen molar-refractivity contribution in [2.75, 3.05) is 5.73 Å². The fraction of sp³-hybridized carbons (Fsp3) is 0.0714. The first kappa shape index (κ1) is 12.3. The van der Waals surface area contributed by atoms with Crippen LogP contribution in [0.3, 0.4) is 0 Å². The molecule has 90 valence electrons. The first-order valence-electron chi connectivity index (χ1n) is 5.36. The molecule has 4 heteroatoms. The molecule has 0 amide bonds. The van der Waals surface area contributed by atoms with Gasteiger partial charge in [0.1, 0.15) is 12.4 Å². The van der Waals surface area contributed by atoms with Crippen molar-refractivity contribution in [2.45, 2.75) is 6.61 Å². The van der Waals surface area contributed by atoms with Crippen molar-refractivity contribution in [1.82, 2.24) is 0 Å². The van der Waals surface area contributed by atoms with E-state index >= 15 is 0 Å². The summed E-state index contributed by atoms with van der Waals surface area (Å²) in [6.45, 7) is 0.356. The molecular formula is C14H11ClN2O. The third-order valence-electron chi connectivity index (χ3n) is 2.46. The number of nitrogens with two attached hydrogens (primary N) is 1. The smallest absolute Gasteiger partial charge is 0.119 e. The topological polar surface area (TPSA) is 59.0 Å². The molecule has 0 bridgehead atoms. The first-order valence-corrected chi connectivity index (χ1v) is 5.73. The maximum absolute atomic E-state index is 8.74. The number of nitriles is 1. The van der Waals surface area contributed by atoms with Crippen LogP contribution in [0.1, 0.15) is 11.1 Å². The summed E-state index contributed by atoms with van der Waals surface area (Å²) in [4.78, 5) is 0. The number of hydrogen-bond acceptors (Lipinski definition) is 3. The van der Waals surface area contributed by atoms with Crippen LogP contribution in [0.4, 0.5) is 5.69 Å². The largest absolute Gasteiger partial charge is 0.489 e. The minimum atomic E-state index is 0.356. The Labute approximate surface area is 110 Å². The van der Waals surface area contributed by atoms with Crippen LogP contribution in [0, 0.1) is 11.3 Å². The van der Waals surface area contributed by atoms with Crippen molar-refractivity contribution >= 4 is 17.3 Å². The van der Waals surface area contributed by atoms with Crippen LogP contribution < -0.4 is 10.5 Å². The maximum Gasteiger partial charge on any atom is 0.119 e. The molecule has 0 radical (unpaired) electrons. The Balaban J connectivity index is 2.06. The van der Waals surface area contributed by atoms with E-state index in [4.69, 9.17) is 27.3 Å². The van der Waals surface area contributed by atoms with Gasteiger partial charge in [-0.1, -0.05) is 17.7 Å². The van der Waals surface area contributed by atoms with Crippen molar-refractivity contribution in [3.63, 3.8) is 0 Å². The van der Waals surface area contributed by atoms with Crippen molar-refractivity contribution in [1.29, 1.82) is 5.26 Å². The van der Waals surface area contributed by atoms with Crippen molar-refractivity contribution in [2.24, 2.45) is 0 Å². The molecule has 0 aliphatic rings. The number of anilines is 1. The molecule has 0 spiro atoms. The molecule has 0 atom stereocenters. The second kappa shape index (κ2) is 5.44. The number of ether oxygens (including phenoxy) is 1. The van der Waals surface area contributed by atoms with E-state index in [-0.39, 0.29) is 0 Å². The lowest BCUT2D eigenvalue weighted by Gasteiger charge is -2.08. The molecule has 0 saturated carbocycles. The number of nitrogen functional groups attached to an aromatic ring is 1. The molecule has 0 aliphatic heterocycles. The number of rotatable bonds is 3. The van der Waals surface area contributed by atoms with Crippen molar-refractivity contribution in [3.05, 3.63) is 58.6 Å². The highest BCUT2D eigenvalue weighted by atomic mass is 35.5. The van der Waals surface area contributed by atoms with Crippen LogP contribution in [-0.4, -0.2) is 0 Å². The van der Waals surface area contributed by atoms with E-state index in [1.807, 2.05) is 6.07 Å². The van der Waals surface area contributed by atoms with Crippen molar-refractivity contribution < 1.29 is 4.74 Å². The second-order valence-corrected chi connectivity index (χ2v) is 4.18. The predicted molar refractivity (Wildman–Crippen MR) is 71.4 cm³/mol. The van der Waals surface area contributed by atoms with Gasteiger partial charge < -0.3 is 10.5 Å². The van der Waals surface area contributed by atoms with Crippen LogP contribution >= 0.6 is 11.6 Å². The monoisotopic (exact) mass is 258 g/mol. The Kier molecular flexibility index (Phi) is 3.71. The lowest BCUT2D eigenvalue weighted by atomic mass is 10.1. The zero-order valence-corrected chi connectivity index (χ0v) is 10.3. The second-order valence-electron chi connectivity index (χ2n) is 3.78. The predicted octanol–water partition coefficient (Wildman–Crippen LogP) is 3.37. The molecule has 0 unspecified atom stereocenters. The van der Waals surface area contributed by atoms with E-state index in [0.717, 1.165) is 11.3 Å². The summed E-state index contributed by atoms with van der Waals surface area (Å²) in [6.07, 6.45) is 0. The van der Waals surface area contributed by atoms with E-state index in [2.05, 4.69) is 0 Å². The first-order chi connectivity index (χ1) is 8.69. The average molecular weight is 259 g/mol. The average Bonchev–Trinajstić information content (AvgIpc) is 2.39. The number of nitrogens with zero attached hydrogens (tertiary/aromatic N) is 1. The van der Waals surface area contributed by atoms with Gasteiger partial charge in [0.2, 0.25) is 0 Å². The molecule has 2 N–H and O–H groups in total. The van der Waals surface area contributed by atoms with Gasteiger partial charge in [-0.05, 0) is 36.4 Å². The molecule has 0 heterocycles. The number of benzene rings is 2. The van der Waals surface area contributed by atoms with Gasteiger partial charge in [0.05, 0.1) is 11.6 Å². The summed E-state index contributed by atoms with van der Waals surface area (Å²) in [5.74, 6) is 0.727. The molecule has 0 saturated heterocycles. The summed E-state index contributed by atoms with van der Waals surface area (Å²) in [5.41, 5.74) is 7.65. The number of hydrogen-bond donors (Lipinski definition) is 1. The van der Waals surface area contributed by atoms with E-state index in [1.165, 1.54) is 0 Å². The normalized spacial score (nSPS) is 9.78. The van der Waals surface area contributed by atoms with Gasteiger partial charge in [0.15, 0.2) is 0 Å². The molecule has 2 rings (SSSR count). The Morgan fingerprint density at radius 2 is 1.89 bits per heavy atom. The molecule has 18 heavy (non-hydrogen) atoms. The summed E-state index contributed by atoms with van der Waals surface area (Å²) >= 11 is 6.05. The fourth-order valence-electron chi connectivity index (χ4n) is 1.46. The van der Waals surface area contributed by atoms with Crippen molar-refractivity contribution in [3.8, 4) is 11.8 Å². The third-order valence-corrected chi connectivity index (χ3v) is 2.81. The van der Waals surface area contributed by atoms with E-state index in [9.17, 15) is 0 Å². The Morgan fingerprint density at radius 3 is 2.50 bits per heavy atom. The summed E-state index contributed by atoms with van der Waals surface area (Å²) < 4.78 is 5.58. The molecule has 3 nitrogen and oxygen atoms in total. The van der Waals surface area contributed by atoms with Gasteiger partial charge >= 0.3 is 0 Å². The maximum atomic E-state index is 8.74. The van der Waals surface area contributed by atoms with Crippen LogP contribution in [-0.2, 0) is 6.61 Å². The van der Waals surface area contributed by atoms with Gasteiger partial charge in [0, 0.05) is 16.3 Å². The molecule has 0 aliphatic carbocycles. The molecular weight excluding hydrogens is 248 g/mol. The zero-order valence-electron chi connectivity index (χ0n) is 9.56. The third kappa shape index (κ3) is 2.93. The summed E-state index contributed by atoms with van der Waals surface area (Å²) in [7, 11) is 0. The zero-order chi connectivity index (χ0) is 13.0. The van der Waals surface area contributed by atoms with E-state index in [0.29, 0.717) is 22.9 Å². The van der Waals surface area contributed by atoms with Crippen LogP contribution in [0.2, 0.25) is 5.02 Å². The van der Waals surface area contributed by atoms with Crippen LogP contribution in [0.15, 0.2) is 42.5 Å². The highest BCUT2D eigenvalue weighted by Gasteiger charge is 2.03. The SMILES string of the molecule is N#Cc1ccc(COc2ccc(N)cc2)c(Cl)c1. The lowest BCUT2D eigenvalue weighted by Crippen LogP contribution is -1.97. The fourth-order valence-corrected chi connectivity index (χ4v) is 1.69. The van der Waals surface area contributed by atoms with Crippen LogP contribution in [0.5, 0.6) is 5.75 Å². The van der Waals surface area contributed by atoms with E-state index in [1.54, 1.807) is 42.5 Å². The van der Waals surface area contributed by atoms with Crippen LogP contribution in [0.25, 0.3) is 0 Å². The highest BCUT2D eigenvalue weighted by Crippen LogP contribution is 2.20. The minimum Gasteiger partial charge on any atom is -0.489 e. The Bertz CT molecular complexity index is 588. The standard InChI is InChI=1S/C14H11ClN2O/c15-14-7-10(8-16)1-2-11(14)9-18-13-5-3-12(17)4-6-13/h1-7H,9,17H2. The Hall–Kier alpha value is -2.18.